The molecule has 4 nitrogen and oxygen atoms in total. The Morgan fingerprint density at radius 1 is 1.09 bits per heavy atom. The fourth-order valence-electron chi connectivity index (χ4n) is 2.53. The first-order chi connectivity index (χ1) is 10.5. The number of amides is 1. The van der Waals surface area contributed by atoms with Crippen molar-refractivity contribution < 1.29 is 9.53 Å². The predicted molar refractivity (Wildman–Crippen MR) is 90.8 cm³/mol. The maximum atomic E-state index is 12.1. The molecule has 0 saturated heterocycles. The van der Waals surface area contributed by atoms with Gasteiger partial charge in [-0.05, 0) is 44.0 Å². The van der Waals surface area contributed by atoms with Gasteiger partial charge in [0.1, 0.15) is 5.75 Å². The molecule has 0 fully saturated rings. The van der Waals surface area contributed by atoms with Crippen LogP contribution >= 0.6 is 0 Å². The summed E-state index contributed by atoms with van der Waals surface area (Å²) in [6, 6.07) is 11.5. The van der Waals surface area contributed by atoms with Crippen LogP contribution in [0, 0.1) is 20.8 Å². The number of hydrogen-bond acceptors (Lipinski definition) is 3. The molecule has 22 heavy (non-hydrogen) atoms. The fourth-order valence-corrected chi connectivity index (χ4v) is 2.53. The molecule has 2 aromatic rings. The number of aryl methyl sites for hydroxylation is 3. The van der Waals surface area contributed by atoms with Crippen LogP contribution in [0.4, 0.5) is 11.4 Å². The van der Waals surface area contributed by atoms with Gasteiger partial charge in [0.05, 0.1) is 13.7 Å². The van der Waals surface area contributed by atoms with Crippen LogP contribution in [0.1, 0.15) is 16.7 Å². The van der Waals surface area contributed by atoms with E-state index in [1.54, 1.807) is 13.2 Å². The largest absolute Gasteiger partial charge is 0.497 e. The molecule has 2 aromatic carbocycles. The summed E-state index contributed by atoms with van der Waals surface area (Å²) in [5.74, 6) is 0.628. The highest BCUT2D eigenvalue weighted by molar-refractivity contribution is 5.94. The van der Waals surface area contributed by atoms with Crippen molar-refractivity contribution in [1.82, 2.24) is 0 Å². The Morgan fingerprint density at radius 3 is 2.41 bits per heavy atom. The minimum atomic E-state index is -0.0902. The van der Waals surface area contributed by atoms with E-state index in [2.05, 4.69) is 29.7 Å². The van der Waals surface area contributed by atoms with Crippen molar-refractivity contribution in [3.05, 3.63) is 53.1 Å². The summed E-state index contributed by atoms with van der Waals surface area (Å²) in [7, 11) is 1.60. The van der Waals surface area contributed by atoms with Gasteiger partial charge in [0, 0.05) is 17.4 Å². The molecular weight excluding hydrogens is 276 g/mol. The van der Waals surface area contributed by atoms with Crippen molar-refractivity contribution in [1.29, 1.82) is 0 Å². The Hall–Kier alpha value is -2.49. The van der Waals surface area contributed by atoms with Crippen LogP contribution in [-0.2, 0) is 4.79 Å². The highest BCUT2D eigenvalue weighted by Gasteiger charge is 2.07. The number of ether oxygens (including phenoxy) is 1. The van der Waals surface area contributed by atoms with Crippen molar-refractivity contribution in [3.63, 3.8) is 0 Å². The van der Waals surface area contributed by atoms with E-state index in [0.717, 1.165) is 28.3 Å². The third-order valence-corrected chi connectivity index (χ3v) is 3.46. The SMILES string of the molecule is COc1cccc(NC(=O)CNc2c(C)cc(C)cc2C)c1. The quantitative estimate of drug-likeness (QED) is 0.885. The van der Waals surface area contributed by atoms with Gasteiger partial charge in [-0.25, -0.2) is 0 Å². The van der Waals surface area contributed by atoms with Gasteiger partial charge in [0.25, 0.3) is 0 Å². The monoisotopic (exact) mass is 298 g/mol. The lowest BCUT2D eigenvalue weighted by molar-refractivity contribution is -0.114. The Balaban J connectivity index is 1.98. The topological polar surface area (TPSA) is 50.4 Å². The Morgan fingerprint density at radius 2 is 1.77 bits per heavy atom. The maximum absolute atomic E-state index is 12.1. The molecule has 0 heterocycles. The Kier molecular flexibility index (Phi) is 5.04. The molecule has 2 rings (SSSR count). The van der Waals surface area contributed by atoms with Gasteiger partial charge in [-0.15, -0.1) is 0 Å². The molecule has 0 spiro atoms. The molecule has 0 aliphatic rings. The van der Waals surface area contributed by atoms with E-state index in [-0.39, 0.29) is 12.5 Å². The molecule has 0 aliphatic carbocycles. The van der Waals surface area contributed by atoms with E-state index in [4.69, 9.17) is 4.74 Å². The average Bonchev–Trinajstić information content (AvgIpc) is 2.46. The van der Waals surface area contributed by atoms with Crippen molar-refractivity contribution in [2.75, 3.05) is 24.3 Å². The molecule has 0 unspecified atom stereocenters. The second-order valence-electron chi connectivity index (χ2n) is 5.41. The number of carbonyl (C=O) groups is 1. The first-order valence-electron chi connectivity index (χ1n) is 7.25. The van der Waals surface area contributed by atoms with E-state index in [1.165, 1.54) is 5.56 Å². The zero-order valence-electron chi connectivity index (χ0n) is 13.5. The van der Waals surface area contributed by atoms with E-state index in [9.17, 15) is 4.79 Å². The van der Waals surface area contributed by atoms with Gasteiger partial charge >= 0.3 is 0 Å². The van der Waals surface area contributed by atoms with Crippen molar-refractivity contribution in [2.24, 2.45) is 0 Å². The second kappa shape index (κ2) is 6.98. The maximum Gasteiger partial charge on any atom is 0.243 e. The number of benzene rings is 2. The normalized spacial score (nSPS) is 10.2. The number of anilines is 2. The van der Waals surface area contributed by atoms with Gasteiger partial charge < -0.3 is 15.4 Å². The zero-order chi connectivity index (χ0) is 16.1. The molecule has 0 saturated carbocycles. The van der Waals surface area contributed by atoms with E-state index in [0.29, 0.717) is 0 Å². The van der Waals surface area contributed by atoms with Crippen LogP contribution in [0.3, 0.4) is 0 Å². The zero-order valence-corrected chi connectivity index (χ0v) is 13.5. The van der Waals surface area contributed by atoms with Crippen LogP contribution in [0.25, 0.3) is 0 Å². The van der Waals surface area contributed by atoms with E-state index < -0.39 is 0 Å². The van der Waals surface area contributed by atoms with Crippen molar-refractivity contribution >= 4 is 17.3 Å². The van der Waals surface area contributed by atoms with Crippen molar-refractivity contribution in [3.8, 4) is 5.75 Å². The number of rotatable bonds is 5. The number of nitrogens with one attached hydrogen (secondary N) is 2. The highest BCUT2D eigenvalue weighted by Crippen LogP contribution is 2.22. The van der Waals surface area contributed by atoms with Crippen LogP contribution in [-0.4, -0.2) is 19.6 Å². The first kappa shape index (κ1) is 15.9. The molecule has 0 radical (unpaired) electrons. The van der Waals surface area contributed by atoms with Gasteiger partial charge in [0.15, 0.2) is 0 Å². The average molecular weight is 298 g/mol. The second-order valence-corrected chi connectivity index (χ2v) is 5.41. The Labute approximate surface area is 131 Å². The molecule has 0 atom stereocenters. The molecule has 2 N–H and O–H groups in total. The predicted octanol–water partition coefficient (Wildman–Crippen LogP) is 3.67. The van der Waals surface area contributed by atoms with E-state index >= 15 is 0 Å². The van der Waals surface area contributed by atoms with Crippen LogP contribution in [0.15, 0.2) is 36.4 Å². The molecule has 0 bridgehead atoms. The molecule has 116 valence electrons. The lowest BCUT2D eigenvalue weighted by atomic mass is 10.1. The summed E-state index contributed by atoms with van der Waals surface area (Å²) in [6.07, 6.45) is 0. The molecule has 0 aromatic heterocycles. The van der Waals surface area contributed by atoms with Crippen molar-refractivity contribution in [2.45, 2.75) is 20.8 Å². The van der Waals surface area contributed by atoms with Crippen LogP contribution < -0.4 is 15.4 Å². The van der Waals surface area contributed by atoms with Gasteiger partial charge in [-0.1, -0.05) is 23.8 Å². The van der Waals surface area contributed by atoms with E-state index in [1.807, 2.05) is 32.0 Å². The highest BCUT2D eigenvalue weighted by atomic mass is 16.5. The molecule has 0 aliphatic heterocycles. The fraction of sp³-hybridized carbons (Fsp3) is 0.278. The standard InChI is InChI=1S/C18H22N2O2/c1-12-8-13(2)18(14(3)9-12)19-11-17(21)20-15-6-5-7-16(10-15)22-4/h5-10,19H,11H2,1-4H3,(H,20,21). The first-order valence-corrected chi connectivity index (χ1v) is 7.25. The third kappa shape index (κ3) is 4.01. The lowest BCUT2D eigenvalue weighted by Crippen LogP contribution is -2.22. The summed E-state index contributed by atoms with van der Waals surface area (Å²) in [6.45, 7) is 6.38. The smallest absolute Gasteiger partial charge is 0.243 e. The van der Waals surface area contributed by atoms with Gasteiger partial charge in [0.2, 0.25) is 5.91 Å². The number of methoxy groups -OCH3 is 1. The minimum Gasteiger partial charge on any atom is -0.497 e. The summed E-state index contributed by atoms with van der Waals surface area (Å²) >= 11 is 0. The van der Waals surface area contributed by atoms with Crippen LogP contribution in [0.5, 0.6) is 5.75 Å². The number of hydrogen-bond donors (Lipinski definition) is 2. The van der Waals surface area contributed by atoms with Crippen LogP contribution in [0.2, 0.25) is 0 Å². The molecule has 4 heteroatoms. The lowest BCUT2D eigenvalue weighted by Gasteiger charge is -2.14. The third-order valence-electron chi connectivity index (χ3n) is 3.46. The van der Waals surface area contributed by atoms with Gasteiger partial charge in [-0.2, -0.15) is 0 Å². The molecule has 1 amide bonds. The summed E-state index contributed by atoms with van der Waals surface area (Å²) < 4.78 is 5.14. The number of carbonyl (C=O) groups excluding carboxylic acids is 1. The summed E-state index contributed by atoms with van der Waals surface area (Å²) in [5.41, 5.74) is 5.26. The summed E-state index contributed by atoms with van der Waals surface area (Å²) in [4.78, 5) is 12.1. The Bertz CT molecular complexity index is 658. The minimum absolute atomic E-state index is 0.0902. The van der Waals surface area contributed by atoms with Gasteiger partial charge in [-0.3, -0.25) is 4.79 Å². The molecular formula is C18H22N2O2. The summed E-state index contributed by atoms with van der Waals surface area (Å²) in [5, 5.41) is 6.07.